The minimum absolute atomic E-state index is 0.121. The number of unbranched alkanes of at least 4 members (excludes halogenated alkanes) is 1. The molecule has 2 N–H and O–H groups in total. The van der Waals surface area contributed by atoms with Gasteiger partial charge in [-0.25, -0.2) is 0 Å². The van der Waals surface area contributed by atoms with Crippen molar-refractivity contribution in [3.63, 3.8) is 0 Å². The van der Waals surface area contributed by atoms with E-state index in [2.05, 4.69) is 48.5 Å². The second kappa shape index (κ2) is 14.3. The van der Waals surface area contributed by atoms with Gasteiger partial charge in [-0.05, 0) is 25.7 Å². The molecular formula is C20H34N4O. The van der Waals surface area contributed by atoms with Crippen molar-refractivity contribution >= 4 is 12.1 Å². The third-order valence-corrected chi connectivity index (χ3v) is 3.92. The van der Waals surface area contributed by atoms with Crippen LogP contribution in [0.3, 0.4) is 0 Å². The Morgan fingerprint density at radius 2 is 2.00 bits per heavy atom. The van der Waals surface area contributed by atoms with Crippen molar-refractivity contribution in [2.75, 3.05) is 13.1 Å². The van der Waals surface area contributed by atoms with Crippen LogP contribution in [0.15, 0.2) is 28.5 Å². The lowest BCUT2D eigenvalue weighted by atomic mass is 9.98. The van der Waals surface area contributed by atoms with E-state index in [0.29, 0.717) is 24.7 Å². The molecule has 2 atom stereocenters. The van der Waals surface area contributed by atoms with Crippen LogP contribution < -0.4 is 10.6 Å². The molecule has 140 valence electrons. The molecule has 5 heteroatoms. The number of nitrogens with zero attached hydrogens (tertiary/aromatic N) is 2. The van der Waals surface area contributed by atoms with Crippen molar-refractivity contribution < 1.29 is 4.79 Å². The molecule has 0 bridgehead atoms. The van der Waals surface area contributed by atoms with Crippen LogP contribution in [0.5, 0.6) is 0 Å². The first-order chi connectivity index (χ1) is 12.0. The number of nitriles is 1. The van der Waals surface area contributed by atoms with E-state index in [1.165, 1.54) is 12.8 Å². The largest absolute Gasteiger partial charge is 0.382 e. The van der Waals surface area contributed by atoms with E-state index < -0.39 is 0 Å². The molecule has 5 nitrogen and oxygen atoms in total. The molecule has 0 saturated heterocycles. The Morgan fingerprint density at radius 3 is 2.52 bits per heavy atom. The van der Waals surface area contributed by atoms with Crippen molar-refractivity contribution in [3.8, 4) is 6.07 Å². The average molecular weight is 347 g/mol. The number of nitrogens with one attached hydrogen (secondary N) is 2. The second-order valence-corrected chi connectivity index (χ2v) is 6.25. The first-order valence-corrected chi connectivity index (χ1v) is 9.34. The van der Waals surface area contributed by atoms with Crippen LogP contribution in [0.2, 0.25) is 0 Å². The molecule has 0 radical (unpaired) electrons. The summed E-state index contributed by atoms with van der Waals surface area (Å²) in [5, 5.41) is 15.4. The van der Waals surface area contributed by atoms with Crippen LogP contribution in [0, 0.1) is 23.2 Å². The molecule has 0 spiro atoms. The highest BCUT2D eigenvalue weighted by atomic mass is 16.1. The van der Waals surface area contributed by atoms with Crippen molar-refractivity contribution in [2.45, 2.75) is 60.3 Å². The molecule has 0 aliphatic rings. The average Bonchev–Trinajstić information content (AvgIpc) is 2.61. The first kappa shape index (κ1) is 22.9. The number of hydrogen-bond donors (Lipinski definition) is 2. The summed E-state index contributed by atoms with van der Waals surface area (Å²) in [4.78, 5) is 15.2. The summed E-state index contributed by atoms with van der Waals surface area (Å²) in [5.41, 5.74) is 2.12. The molecule has 1 unspecified atom stereocenters. The van der Waals surface area contributed by atoms with E-state index in [1.807, 2.05) is 19.9 Å². The highest BCUT2D eigenvalue weighted by molar-refractivity contribution is 6.10. The number of rotatable bonds is 13. The van der Waals surface area contributed by atoms with Crippen molar-refractivity contribution in [2.24, 2.45) is 16.8 Å². The van der Waals surface area contributed by atoms with Gasteiger partial charge in [-0.2, -0.15) is 5.26 Å². The van der Waals surface area contributed by atoms with Crippen molar-refractivity contribution in [1.29, 1.82) is 5.26 Å². The third-order valence-electron chi connectivity index (χ3n) is 3.92. The van der Waals surface area contributed by atoms with Crippen LogP contribution in [0.1, 0.15) is 60.3 Å². The zero-order valence-corrected chi connectivity index (χ0v) is 16.4. The summed E-state index contributed by atoms with van der Waals surface area (Å²) in [5.74, 6) is 0.544. The van der Waals surface area contributed by atoms with Crippen LogP contribution in [0.4, 0.5) is 0 Å². The minimum atomic E-state index is 0.121. The summed E-state index contributed by atoms with van der Waals surface area (Å²) in [6.45, 7) is 11.6. The van der Waals surface area contributed by atoms with Crippen LogP contribution in [0.25, 0.3) is 0 Å². The summed E-state index contributed by atoms with van der Waals surface area (Å²) < 4.78 is 0. The zero-order valence-electron chi connectivity index (χ0n) is 16.4. The van der Waals surface area contributed by atoms with Crippen LogP contribution in [-0.2, 0) is 4.79 Å². The van der Waals surface area contributed by atoms with E-state index in [1.54, 1.807) is 0 Å². The lowest BCUT2D eigenvalue weighted by Gasteiger charge is -2.19. The Labute approximate surface area is 153 Å². The van der Waals surface area contributed by atoms with Crippen LogP contribution >= 0.6 is 0 Å². The number of allylic oxidation sites excluding steroid dienone is 3. The fraction of sp³-hybridized carbons (Fsp3) is 0.650. The molecular weight excluding hydrogens is 312 g/mol. The molecule has 0 fully saturated rings. The Bertz CT molecular complexity index is 514. The van der Waals surface area contributed by atoms with Gasteiger partial charge in [-0.15, -0.1) is 0 Å². The minimum Gasteiger partial charge on any atom is -0.382 e. The first-order valence-electron chi connectivity index (χ1n) is 9.34. The smallest absolute Gasteiger partial charge is 0.211 e. The maximum Gasteiger partial charge on any atom is 0.211 e. The topological polar surface area (TPSA) is 77.3 Å². The third kappa shape index (κ3) is 9.71. The molecule has 0 heterocycles. The SMILES string of the molecule is CC/C=C(/NCC(C)/C(=C\[C@H](C)CCCC)NC=O)C(C#N)=NCC. The molecule has 0 aromatic carbocycles. The summed E-state index contributed by atoms with van der Waals surface area (Å²) >= 11 is 0. The zero-order chi connectivity index (χ0) is 19.1. The maximum atomic E-state index is 10.9. The molecule has 1 amide bonds. The standard InChI is InChI=1S/C20H34N4O/c1-6-9-11-16(4)12-19(24-15-25)17(5)14-23-18(10-7-2)20(13-21)22-8-3/h10,12,15-17,23H,6-9,11,14H2,1-5H3,(H,24,25)/b18-10+,19-12+,22-20?/t16-,17?/m1/s1. The van der Waals surface area contributed by atoms with Gasteiger partial charge in [0.15, 0.2) is 5.71 Å². The summed E-state index contributed by atoms with van der Waals surface area (Å²) in [6, 6.07) is 2.15. The van der Waals surface area contributed by atoms with Gasteiger partial charge >= 0.3 is 0 Å². The molecule has 0 aliphatic heterocycles. The Kier molecular flexibility index (Phi) is 13.1. The fourth-order valence-corrected chi connectivity index (χ4v) is 2.51. The van der Waals surface area contributed by atoms with E-state index in [-0.39, 0.29) is 5.92 Å². The molecule has 25 heavy (non-hydrogen) atoms. The van der Waals surface area contributed by atoms with E-state index in [9.17, 15) is 10.1 Å². The van der Waals surface area contributed by atoms with Gasteiger partial charge in [0.2, 0.25) is 6.41 Å². The van der Waals surface area contributed by atoms with Gasteiger partial charge in [0.25, 0.3) is 0 Å². The summed E-state index contributed by atoms with van der Waals surface area (Å²) in [7, 11) is 0. The lowest BCUT2D eigenvalue weighted by Crippen LogP contribution is -2.29. The molecule has 0 aliphatic carbocycles. The highest BCUT2D eigenvalue weighted by Crippen LogP contribution is 2.15. The van der Waals surface area contributed by atoms with Gasteiger partial charge in [0, 0.05) is 24.7 Å². The Hall–Kier alpha value is -2.09. The Morgan fingerprint density at radius 1 is 1.28 bits per heavy atom. The lowest BCUT2D eigenvalue weighted by molar-refractivity contribution is -0.109. The number of carbonyl (C=O) groups excluding carboxylic acids is 1. The monoisotopic (exact) mass is 346 g/mol. The molecule has 0 aromatic rings. The maximum absolute atomic E-state index is 10.9. The van der Waals surface area contributed by atoms with Gasteiger partial charge in [0.05, 0.1) is 5.70 Å². The highest BCUT2D eigenvalue weighted by Gasteiger charge is 2.13. The fourth-order valence-electron chi connectivity index (χ4n) is 2.51. The second-order valence-electron chi connectivity index (χ2n) is 6.25. The number of hydrogen-bond acceptors (Lipinski definition) is 4. The van der Waals surface area contributed by atoms with Gasteiger partial charge in [0.1, 0.15) is 6.07 Å². The quantitative estimate of drug-likeness (QED) is 0.391. The predicted octanol–water partition coefficient (Wildman–Crippen LogP) is 3.95. The number of amides is 1. The predicted molar refractivity (Wildman–Crippen MR) is 105 cm³/mol. The molecule has 0 rings (SSSR count). The van der Waals surface area contributed by atoms with Gasteiger partial charge in [-0.3, -0.25) is 9.79 Å². The van der Waals surface area contributed by atoms with Crippen molar-refractivity contribution in [1.82, 2.24) is 10.6 Å². The van der Waals surface area contributed by atoms with Crippen molar-refractivity contribution in [3.05, 3.63) is 23.5 Å². The Balaban J connectivity index is 5.04. The normalized spacial score (nSPS) is 15.3. The number of carbonyl (C=O) groups is 1. The van der Waals surface area contributed by atoms with Crippen LogP contribution in [-0.4, -0.2) is 25.2 Å². The van der Waals surface area contributed by atoms with Gasteiger partial charge < -0.3 is 10.6 Å². The van der Waals surface area contributed by atoms with Gasteiger partial charge in [-0.1, -0.05) is 52.7 Å². The molecule has 0 aromatic heterocycles. The van der Waals surface area contributed by atoms with E-state index >= 15 is 0 Å². The van der Waals surface area contributed by atoms with E-state index in [0.717, 1.165) is 30.6 Å². The summed E-state index contributed by atoms with van der Waals surface area (Å²) in [6.07, 6.45) is 9.15. The molecule has 0 saturated carbocycles. The number of aliphatic imine (C=N–C) groups is 1. The van der Waals surface area contributed by atoms with E-state index in [4.69, 9.17) is 0 Å².